The SMILES string of the molecule is CS(=O)(=O)CCC([O])=O. The molecule has 0 unspecified atom stereocenters. The second-order valence-corrected chi connectivity index (χ2v) is 4.01. The Labute approximate surface area is 53.4 Å². The molecule has 0 aliphatic carbocycles. The van der Waals surface area contributed by atoms with Gasteiger partial charge in [0.05, 0.1) is 12.2 Å². The lowest BCUT2D eigenvalue weighted by atomic mass is 10.5. The Morgan fingerprint density at radius 2 is 1.89 bits per heavy atom. The van der Waals surface area contributed by atoms with Crippen molar-refractivity contribution in [3.8, 4) is 0 Å². The summed E-state index contributed by atoms with van der Waals surface area (Å²) in [6.45, 7) is 0. The van der Waals surface area contributed by atoms with Crippen LogP contribution in [0.4, 0.5) is 0 Å². The molecule has 1 radical (unpaired) electrons. The zero-order valence-corrected chi connectivity index (χ0v) is 5.77. The van der Waals surface area contributed by atoms with E-state index < -0.39 is 22.2 Å². The van der Waals surface area contributed by atoms with Gasteiger partial charge in [-0.3, -0.25) is 0 Å². The third-order valence-electron chi connectivity index (χ3n) is 0.677. The van der Waals surface area contributed by atoms with Gasteiger partial charge in [0, 0.05) is 6.26 Å². The van der Waals surface area contributed by atoms with Crippen LogP contribution >= 0.6 is 0 Å². The summed E-state index contributed by atoms with van der Waals surface area (Å²) in [6, 6.07) is 0. The van der Waals surface area contributed by atoms with E-state index in [4.69, 9.17) is 0 Å². The van der Waals surface area contributed by atoms with Crippen molar-refractivity contribution >= 4 is 15.8 Å². The molecule has 0 spiro atoms. The molecule has 0 amide bonds. The Kier molecular flexibility index (Phi) is 2.64. The summed E-state index contributed by atoms with van der Waals surface area (Å²) in [7, 11) is -3.14. The summed E-state index contributed by atoms with van der Waals surface area (Å²) >= 11 is 0. The number of carbonyl (C=O) groups is 1. The van der Waals surface area contributed by atoms with E-state index in [0.29, 0.717) is 0 Å². The largest absolute Gasteiger partial charge is 0.356 e. The molecule has 0 heterocycles. The molecule has 0 atom stereocenters. The zero-order valence-electron chi connectivity index (χ0n) is 4.96. The van der Waals surface area contributed by atoms with Gasteiger partial charge in [-0.1, -0.05) is 0 Å². The highest BCUT2D eigenvalue weighted by molar-refractivity contribution is 7.90. The van der Waals surface area contributed by atoms with Crippen molar-refractivity contribution < 1.29 is 18.3 Å². The summed E-state index contributed by atoms with van der Waals surface area (Å²) < 4.78 is 20.5. The fourth-order valence-electron chi connectivity index (χ4n) is 0.269. The topological polar surface area (TPSA) is 71.1 Å². The lowest BCUT2D eigenvalue weighted by Crippen LogP contribution is -2.07. The predicted molar refractivity (Wildman–Crippen MR) is 30.0 cm³/mol. The van der Waals surface area contributed by atoms with Crippen LogP contribution in [0, 0.1) is 0 Å². The van der Waals surface area contributed by atoms with Crippen molar-refractivity contribution in [1.29, 1.82) is 0 Å². The number of hydrogen-bond donors (Lipinski definition) is 0. The van der Waals surface area contributed by atoms with E-state index in [2.05, 4.69) is 0 Å². The standard InChI is InChI=1S/C4H7O4S/c1-9(7,8)3-2-4(5)6/h2-3H2,1H3. The van der Waals surface area contributed by atoms with Crippen LogP contribution in [0.2, 0.25) is 0 Å². The molecule has 0 aromatic heterocycles. The van der Waals surface area contributed by atoms with Gasteiger partial charge < -0.3 is 0 Å². The Morgan fingerprint density at radius 1 is 1.44 bits per heavy atom. The van der Waals surface area contributed by atoms with Gasteiger partial charge in [0.25, 0.3) is 0 Å². The molecule has 0 N–H and O–H groups in total. The predicted octanol–water partition coefficient (Wildman–Crippen LogP) is -0.622. The van der Waals surface area contributed by atoms with Gasteiger partial charge in [-0.15, -0.1) is 0 Å². The van der Waals surface area contributed by atoms with Crippen molar-refractivity contribution in [3.63, 3.8) is 0 Å². The van der Waals surface area contributed by atoms with Gasteiger partial charge in [0.15, 0.2) is 0 Å². The molecule has 4 nitrogen and oxygen atoms in total. The van der Waals surface area contributed by atoms with Crippen LogP contribution in [0.3, 0.4) is 0 Å². The van der Waals surface area contributed by atoms with Crippen molar-refractivity contribution in [3.05, 3.63) is 0 Å². The van der Waals surface area contributed by atoms with E-state index in [1.807, 2.05) is 0 Å². The van der Waals surface area contributed by atoms with Gasteiger partial charge >= 0.3 is 5.97 Å². The smallest absolute Gasteiger partial charge is 0.247 e. The number of hydrogen-bond acceptors (Lipinski definition) is 3. The quantitative estimate of drug-likeness (QED) is 0.539. The summed E-state index contributed by atoms with van der Waals surface area (Å²) in [5.74, 6) is -1.67. The molecule has 0 aliphatic rings. The summed E-state index contributed by atoms with van der Waals surface area (Å²) in [5.41, 5.74) is 0. The van der Waals surface area contributed by atoms with E-state index in [9.17, 15) is 18.3 Å². The molecule has 0 aromatic carbocycles. The zero-order chi connectivity index (χ0) is 7.49. The lowest BCUT2D eigenvalue weighted by molar-refractivity contribution is -0.142. The van der Waals surface area contributed by atoms with Gasteiger partial charge in [-0.2, -0.15) is 0 Å². The molecule has 0 aromatic rings. The highest BCUT2D eigenvalue weighted by Crippen LogP contribution is 1.87. The van der Waals surface area contributed by atoms with Crippen molar-refractivity contribution in [1.82, 2.24) is 0 Å². The summed E-state index contributed by atoms with van der Waals surface area (Å²) in [4.78, 5) is 9.67. The van der Waals surface area contributed by atoms with Gasteiger partial charge in [0.1, 0.15) is 9.84 Å². The van der Waals surface area contributed by atoms with Crippen LogP contribution in [-0.4, -0.2) is 26.4 Å². The van der Waals surface area contributed by atoms with E-state index in [0.717, 1.165) is 6.26 Å². The molecule has 0 aliphatic heterocycles. The molecule has 0 saturated heterocycles. The maximum atomic E-state index is 10.2. The first-order valence-electron chi connectivity index (χ1n) is 2.29. The fourth-order valence-corrected chi connectivity index (χ4v) is 0.806. The van der Waals surface area contributed by atoms with Crippen LogP contribution in [0.5, 0.6) is 0 Å². The Bertz CT molecular complexity index is 191. The number of carbonyl (C=O) groups excluding carboxylic acids is 1. The van der Waals surface area contributed by atoms with Crippen LogP contribution in [0.15, 0.2) is 0 Å². The molecular weight excluding hydrogens is 144 g/mol. The van der Waals surface area contributed by atoms with Gasteiger partial charge in [-0.25, -0.2) is 18.3 Å². The average Bonchev–Trinajstić information content (AvgIpc) is 1.59. The second-order valence-electron chi connectivity index (χ2n) is 1.75. The van der Waals surface area contributed by atoms with Crippen molar-refractivity contribution in [2.75, 3.05) is 12.0 Å². The van der Waals surface area contributed by atoms with E-state index >= 15 is 0 Å². The van der Waals surface area contributed by atoms with Crippen LogP contribution in [-0.2, 0) is 19.7 Å². The first kappa shape index (κ1) is 8.42. The minimum atomic E-state index is -3.14. The van der Waals surface area contributed by atoms with Crippen LogP contribution < -0.4 is 0 Å². The molecule has 53 valence electrons. The second kappa shape index (κ2) is 2.82. The highest BCUT2D eigenvalue weighted by Gasteiger charge is 2.06. The number of sulfone groups is 1. The summed E-state index contributed by atoms with van der Waals surface area (Å²) in [6.07, 6.45) is 0.564. The molecular formula is C4H7O4S. The molecule has 0 bridgehead atoms. The minimum Gasteiger partial charge on any atom is -0.247 e. The highest BCUT2D eigenvalue weighted by atomic mass is 32.2. The molecule has 5 heteroatoms. The fraction of sp³-hybridized carbons (Fsp3) is 0.750. The Hall–Kier alpha value is -0.580. The van der Waals surface area contributed by atoms with E-state index in [1.54, 1.807) is 0 Å². The van der Waals surface area contributed by atoms with Gasteiger partial charge in [-0.05, 0) is 0 Å². The first-order chi connectivity index (χ1) is 3.92. The van der Waals surface area contributed by atoms with Crippen molar-refractivity contribution in [2.24, 2.45) is 0 Å². The molecule has 0 saturated carbocycles. The Balaban J connectivity index is 3.67. The van der Waals surface area contributed by atoms with Crippen LogP contribution in [0.1, 0.15) is 6.42 Å². The maximum Gasteiger partial charge on any atom is 0.356 e. The molecule has 0 rings (SSSR count). The molecule has 9 heavy (non-hydrogen) atoms. The normalized spacial score (nSPS) is 11.2. The van der Waals surface area contributed by atoms with Crippen LogP contribution in [0.25, 0.3) is 0 Å². The summed E-state index contributed by atoms with van der Waals surface area (Å²) in [5, 5.41) is 9.67. The molecule has 0 fully saturated rings. The number of rotatable bonds is 3. The monoisotopic (exact) mass is 151 g/mol. The van der Waals surface area contributed by atoms with E-state index in [1.165, 1.54) is 0 Å². The first-order valence-corrected chi connectivity index (χ1v) is 4.35. The third-order valence-corrected chi connectivity index (χ3v) is 1.62. The lowest BCUT2D eigenvalue weighted by Gasteiger charge is -1.88. The van der Waals surface area contributed by atoms with E-state index in [-0.39, 0.29) is 5.75 Å². The maximum absolute atomic E-state index is 10.2. The Morgan fingerprint density at radius 3 is 2.00 bits per heavy atom. The third kappa shape index (κ3) is 7.42. The average molecular weight is 151 g/mol. The van der Waals surface area contributed by atoms with Gasteiger partial charge in [0.2, 0.25) is 0 Å². The minimum absolute atomic E-state index is 0.338. The van der Waals surface area contributed by atoms with Crippen molar-refractivity contribution in [2.45, 2.75) is 6.42 Å².